The fourth-order valence-electron chi connectivity index (χ4n) is 5.01. The zero-order chi connectivity index (χ0) is 27.4. The first-order valence-electron chi connectivity index (χ1n) is 12.9. The van der Waals surface area contributed by atoms with Gasteiger partial charge in [-0.05, 0) is 54.8 Å². The summed E-state index contributed by atoms with van der Waals surface area (Å²) in [6.45, 7) is 0.673. The summed E-state index contributed by atoms with van der Waals surface area (Å²) in [5.74, 6) is -0.965. The molecule has 9 heteroatoms. The lowest BCUT2D eigenvalue weighted by atomic mass is 9.94. The van der Waals surface area contributed by atoms with Crippen LogP contribution in [0.15, 0.2) is 72.8 Å². The van der Waals surface area contributed by atoms with Crippen LogP contribution in [0.5, 0.6) is 5.75 Å². The Morgan fingerprint density at radius 1 is 1.03 bits per heavy atom. The number of rotatable bonds is 6. The lowest BCUT2D eigenvalue weighted by molar-refractivity contribution is -0.134. The minimum Gasteiger partial charge on any atom is -0.490 e. The number of carbonyl (C=O) groups excluding carboxylic acids is 3. The van der Waals surface area contributed by atoms with Crippen molar-refractivity contribution in [3.63, 3.8) is 0 Å². The summed E-state index contributed by atoms with van der Waals surface area (Å²) in [6, 6.07) is 19.7. The van der Waals surface area contributed by atoms with Gasteiger partial charge in [0, 0.05) is 24.8 Å². The van der Waals surface area contributed by atoms with Gasteiger partial charge in [0.1, 0.15) is 24.3 Å². The van der Waals surface area contributed by atoms with Crippen LogP contribution in [-0.4, -0.2) is 54.5 Å². The van der Waals surface area contributed by atoms with E-state index in [1.165, 1.54) is 18.2 Å². The number of anilines is 1. The molecule has 3 aromatic rings. The highest BCUT2D eigenvalue weighted by Gasteiger charge is 2.39. The van der Waals surface area contributed by atoms with Gasteiger partial charge in [-0.1, -0.05) is 36.4 Å². The first-order chi connectivity index (χ1) is 18.9. The normalized spacial score (nSPS) is 20.5. The van der Waals surface area contributed by atoms with Crippen molar-refractivity contribution in [1.29, 1.82) is 0 Å². The van der Waals surface area contributed by atoms with Gasteiger partial charge in [0.2, 0.25) is 5.91 Å². The maximum atomic E-state index is 13.5. The molecule has 3 aromatic carbocycles. The number of likely N-dealkylation sites (N-methyl/N-ethyl adjacent to an activating group) is 1. The fraction of sp³-hybridized carbons (Fsp3) is 0.300. The lowest BCUT2D eigenvalue weighted by Gasteiger charge is -2.42. The van der Waals surface area contributed by atoms with Crippen LogP contribution in [0.3, 0.4) is 0 Å². The van der Waals surface area contributed by atoms with Crippen LogP contribution in [-0.2, 0) is 16.1 Å². The molecule has 2 aliphatic rings. The van der Waals surface area contributed by atoms with Crippen molar-refractivity contribution in [3.8, 4) is 5.75 Å². The highest BCUT2D eigenvalue weighted by molar-refractivity contribution is 6.05. The molecule has 1 saturated heterocycles. The second-order valence-corrected chi connectivity index (χ2v) is 9.81. The maximum absolute atomic E-state index is 13.5. The molecule has 3 amide bonds. The molecule has 0 unspecified atom stereocenters. The highest BCUT2D eigenvalue weighted by Crippen LogP contribution is 2.32. The quantitative estimate of drug-likeness (QED) is 0.498. The minimum absolute atomic E-state index is 0.0864. The Labute approximate surface area is 226 Å². The first kappa shape index (κ1) is 26.4. The minimum atomic E-state index is -0.509. The van der Waals surface area contributed by atoms with E-state index in [1.54, 1.807) is 30.1 Å². The van der Waals surface area contributed by atoms with E-state index in [9.17, 15) is 18.8 Å². The van der Waals surface area contributed by atoms with Crippen molar-refractivity contribution in [1.82, 2.24) is 10.2 Å². The molecule has 39 heavy (non-hydrogen) atoms. The van der Waals surface area contributed by atoms with Gasteiger partial charge in [-0.25, -0.2) is 4.39 Å². The molecule has 0 aromatic heterocycles. The van der Waals surface area contributed by atoms with Gasteiger partial charge < -0.3 is 25.0 Å². The smallest absolute Gasteiger partial charge is 0.257 e. The van der Waals surface area contributed by atoms with Crippen LogP contribution >= 0.6 is 0 Å². The predicted octanol–water partition coefficient (Wildman–Crippen LogP) is 4.17. The average Bonchev–Trinajstić information content (AvgIpc) is 2.94. The Kier molecular flexibility index (Phi) is 7.88. The maximum Gasteiger partial charge on any atom is 0.257 e. The molecule has 202 valence electrons. The van der Waals surface area contributed by atoms with E-state index in [4.69, 9.17) is 9.47 Å². The number of hydrogen-bond donors (Lipinski definition) is 2. The van der Waals surface area contributed by atoms with Crippen molar-refractivity contribution < 1.29 is 28.2 Å². The summed E-state index contributed by atoms with van der Waals surface area (Å²) < 4.78 is 25.8. The van der Waals surface area contributed by atoms with Gasteiger partial charge in [-0.3, -0.25) is 14.4 Å². The van der Waals surface area contributed by atoms with E-state index in [1.807, 2.05) is 30.3 Å². The Hall–Kier alpha value is -4.24. The average molecular weight is 532 g/mol. The van der Waals surface area contributed by atoms with Gasteiger partial charge in [-0.15, -0.1) is 0 Å². The van der Waals surface area contributed by atoms with Crippen molar-refractivity contribution in [2.75, 3.05) is 19.0 Å². The number of ether oxygens (including phenoxy) is 2. The van der Waals surface area contributed by atoms with Crippen LogP contribution in [0.1, 0.15) is 45.5 Å². The largest absolute Gasteiger partial charge is 0.490 e. The number of fused-ring (bicyclic) bond motifs is 2. The molecule has 0 spiro atoms. The molecule has 2 heterocycles. The Bertz CT molecular complexity index is 1370. The molecule has 0 saturated carbocycles. The molecule has 5 rings (SSSR count). The van der Waals surface area contributed by atoms with E-state index in [0.717, 1.165) is 11.6 Å². The summed E-state index contributed by atoms with van der Waals surface area (Å²) in [7, 11) is 1.73. The van der Waals surface area contributed by atoms with Crippen molar-refractivity contribution in [2.24, 2.45) is 0 Å². The third kappa shape index (κ3) is 6.26. The standard InChI is InChI=1S/C30H30FN3O5/c1-34-25-12-11-23(16-28(35)32-17-19-6-3-2-4-7-19)39-27(25)18-38-26-13-10-22(15-24(26)30(34)37)33-29(36)20-8-5-9-21(31)14-20/h2-10,13-15,23,25,27H,11-12,16-18H2,1H3,(H,32,35)(H,33,36)/t23-,25+,27+/m0/s1. The summed E-state index contributed by atoms with van der Waals surface area (Å²) in [5, 5.41) is 5.65. The first-order valence-corrected chi connectivity index (χ1v) is 12.9. The zero-order valence-corrected chi connectivity index (χ0v) is 21.6. The predicted molar refractivity (Wildman–Crippen MR) is 143 cm³/mol. The number of nitrogens with one attached hydrogen (secondary N) is 2. The van der Waals surface area contributed by atoms with Gasteiger partial charge in [0.15, 0.2) is 0 Å². The van der Waals surface area contributed by atoms with Crippen molar-refractivity contribution in [3.05, 3.63) is 95.3 Å². The second kappa shape index (κ2) is 11.7. The molecular weight excluding hydrogens is 501 g/mol. The third-order valence-electron chi connectivity index (χ3n) is 7.10. The number of nitrogens with zero attached hydrogens (tertiary/aromatic N) is 1. The van der Waals surface area contributed by atoms with Crippen molar-refractivity contribution >= 4 is 23.4 Å². The molecule has 0 bridgehead atoms. The molecule has 2 aliphatic heterocycles. The summed E-state index contributed by atoms with van der Waals surface area (Å²) in [4.78, 5) is 40.2. The Balaban J connectivity index is 1.23. The second-order valence-electron chi connectivity index (χ2n) is 9.81. The molecule has 0 radical (unpaired) electrons. The molecule has 1 fully saturated rings. The van der Waals surface area contributed by atoms with Crippen LogP contribution in [0.2, 0.25) is 0 Å². The van der Waals surface area contributed by atoms with E-state index >= 15 is 0 Å². The number of benzene rings is 3. The van der Waals surface area contributed by atoms with Gasteiger partial charge in [0.25, 0.3) is 11.8 Å². The SMILES string of the molecule is CN1C(=O)c2cc(NC(=O)c3cccc(F)c3)ccc2OC[C@H]2O[C@H](CC(=O)NCc3ccccc3)CC[C@H]21. The number of hydrogen-bond acceptors (Lipinski definition) is 5. The summed E-state index contributed by atoms with van der Waals surface area (Å²) >= 11 is 0. The number of halogens is 1. The Morgan fingerprint density at radius 2 is 1.85 bits per heavy atom. The van der Waals surface area contributed by atoms with E-state index in [0.29, 0.717) is 36.4 Å². The monoisotopic (exact) mass is 531 g/mol. The van der Waals surface area contributed by atoms with Crippen LogP contribution in [0.4, 0.5) is 10.1 Å². The highest BCUT2D eigenvalue weighted by atomic mass is 19.1. The summed E-state index contributed by atoms with van der Waals surface area (Å²) in [6.07, 6.45) is 0.874. The fourth-order valence-corrected chi connectivity index (χ4v) is 5.01. The van der Waals surface area contributed by atoms with Crippen LogP contribution in [0, 0.1) is 5.82 Å². The molecule has 0 aliphatic carbocycles. The molecular formula is C30H30FN3O5. The van der Waals surface area contributed by atoms with Crippen LogP contribution < -0.4 is 15.4 Å². The molecule has 8 nitrogen and oxygen atoms in total. The van der Waals surface area contributed by atoms with Gasteiger partial charge in [0.05, 0.1) is 24.1 Å². The lowest BCUT2D eigenvalue weighted by Crippen LogP contribution is -2.53. The number of amides is 3. The van der Waals surface area contributed by atoms with E-state index < -0.39 is 11.7 Å². The van der Waals surface area contributed by atoms with Gasteiger partial charge >= 0.3 is 0 Å². The van der Waals surface area contributed by atoms with Crippen LogP contribution in [0.25, 0.3) is 0 Å². The van der Waals surface area contributed by atoms with E-state index in [-0.39, 0.29) is 48.7 Å². The zero-order valence-electron chi connectivity index (χ0n) is 21.6. The van der Waals surface area contributed by atoms with E-state index in [2.05, 4.69) is 10.6 Å². The third-order valence-corrected chi connectivity index (χ3v) is 7.10. The topological polar surface area (TPSA) is 97.0 Å². The molecule has 2 N–H and O–H groups in total. The summed E-state index contributed by atoms with van der Waals surface area (Å²) in [5.41, 5.74) is 1.91. The Morgan fingerprint density at radius 3 is 2.64 bits per heavy atom. The molecule has 3 atom stereocenters. The van der Waals surface area contributed by atoms with Crippen molar-refractivity contribution in [2.45, 2.75) is 44.1 Å². The number of carbonyl (C=O) groups is 3. The van der Waals surface area contributed by atoms with Gasteiger partial charge in [-0.2, -0.15) is 0 Å².